The van der Waals surface area contributed by atoms with Gasteiger partial charge in [0.05, 0.1) is 18.9 Å². The summed E-state index contributed by atoms with van der Waals surface area (Å²) in [5.74, 6) is 2.65. The summed E-state index contributed by atoms with van der Waals surface area (Å²) in [6.45, 7) is 10.8. The highest BCUT2D eigenvalue weighted by Crippen LogP contribution is 2.27. The van der Waals surface area contributed by atoms with Crippen LogP contribution < -0.4 is 5.32 Å². The lowest BCUT2D eigenvalue weighted by Crippen LogP contribution is -2.49. The van der Waals surface area contributed by atoms with E-state index < -0.39 is 0 Å². The SMILES string of the molecule is CCNC(=NCc1cccc(Cn2ccnc2C)c1)N1CCC(C)C(n2ccnc2)C1. The molecule has 1 saturated heterocycles. The van der Waals surface area contributed by atoms with Crippen molar-refractivity contribution in [1.29, 1.82) is 0 Å². The number of hydrogen-bond donors (Lipinski definition) is 1. The van der Waals surface area contributed by atoms with Gasteiger partial charge in [-0.3, -0.25) is 0 Å². The molecule has 1 aliphatic rings. The summed E-state index contributed by atoms with van der Waals surface area (Å²) in [4.78, 5) is 16.0. The summed E-state index contributed by atoms with van der Waals surface area (Å²) >= 11 is 0. The van der Waals surface area contributed by atoms with E-state index in [1.807, 2.05) is 31.8 Å². The van der Waals surface area contributed by atoms with E-state index in [4.69, 9.17) is 4.99 Å². The Bertz CT molecular complexity index is 989. The number of nitrogens with zero attached hydrogens (tertiary/aromatic N) is 6. The topological polar surface area (TPSA) is 63.3 Å². The molecular formula is C24H33N7. The van der Waals surface area contributed by atoms with Gasteiger partial charge in [-0.15, -0.1) is 0 Å². The second kappa shape index (κ2) is 9.81. The highest BCUT2D eigenvalue weighted by molar-refractivity contribution is 5.80. The van der Waals surface area contributed by atoms with Crippen LogP contribution in [-0.2, 0) is 13.1 Å². The van der Waals surface area contributed by atoms with E-state index in [-0.39, 0.29) is 0 Å². The number of aromatic nitrogens is 4. The molecule has 0 bridgehead atoms. The summed E-state index contributed by atoms with van der Waals surface area (Å²) < 4.78 is 4.40. The Kier molecular flexibility index (Phi) is 6.70. The van der Waals surface area contributed by atoms with Crippen molar-refractivity contribution in [2.75, 3.05) is 19.6 Å². The van der Waals surface area contributed by atoms with Crippen LogP contribution in [0.3, 0.4) is 0 Å². The molecule has 4 rings (SSSR count). The van der Waals surface area contributed by atoms with E-state index in [0.717, 1.165) is 44.4 Å². The van der Waals surface area contributed by atoms with E-state index in [2.05, 4.69) is 73.6 Å². The Balaban J connectivity index is 1.46. The van der Waals surface area contributed by atoms with E-state index in [0.29, 0.717) is 18.5 Å². The van der Waals surface area contributed by atoms with Gasteiger partial charge in [0.1, 0.15) is 5.82 Å². The van der Waals surface area contributed by atoms with Gasteiger partial charge in [0.15, 0.2) is 5.96 Å². The fraction of sp³-hybridized carbons (Fsp3) is 0.458. The van der Waals surface area contributed by atoms with Crippen molar-refractivity contribution in [3.8, 4) is 0 Å². The third kappa shape index (κ3) is 5.16. The standard InChI is InChI=1S/C24H33N7/c1-4-26-24(30-11-8-19(2)23(17-30)31-12-9-25-18-31)28-15-21-6-5-7-22(14-21)16-29-13-10-27-20(29)3/h5-7,9-10,12-14,18-19,23H,4,8,11,15-17H2,1-3H3,(H,26,28). The molecule has 1 fully saturated rings. The van der Waals surface area contributed by atoms with Crippen molar-refractivity contribution in [3.63, 3.8) is 0 Å². The van der Waals surface area contributed by atoms with Crippen molar-refractivity contribution >= 4 is 5.96 Å². The van der Waals surface area contributed by atoms with Crippen LogP contribution in [0.2, 0.25) is 0 Å². The first-order valence-corrected chi connectivity index (χ1v) is 11.2. The van der Waals surface area contributed by atoms with Gasteiger partial charge in [0.25, 0.3) is 0 Å². The van der Waals surface area contributed by atoms with Crippen molar-refractivity contribution in [1.82, 2.24) is 29.3 Å². The van der Waals surface area contributed by atoms with Crippen LogP contribution in [0.4, 0.5) is 0 Å². The van der Waals surface area contributed by atoms with Gasteiger partial charge in [-0.1, -0.05) is 31.2 Å². The summed E-state index contributed by atoms with van der Waals surface area (Å²) in [6, 6.07) is 9.11. The summed E-state index contributed by atoms with van der Waals surface area (Å²) in [7, 11) is 0. The second-order valence-corrected chi connectivity index (χ2v) is 8.38. The largest absolute Gasteiger partial charge is 0.357 e. The average Bonchev–Trinajstić information content (AvgIpc) is 3.44. The highest BCUT2D eigenvalue weighted by atomic mass is 15.3. The molecular weight excluding hydrogens is 386 g/mol. The maximum absolute atomic E-state index is 4.99. The lowest BCUT2D eigenvalue weighted by Gasteiger charge is -2.39. The first-order valence-electron chi connectivity index (χ1n) is 11.2. The number of imidazole rings is 2. The van der Waals surface area contributed by atoms with Crippen LogP contribution >= 0.6 is 0 Å². The smallest absolute Gasteiger partial charge is 0.194 e. The number of rotatable bonds is 6. The number of piperidine rings is 1. The van der Waals surface area contributed by atoms with Gasteiger partial charge in [0, 0.05) is 51.0 Å². The molecule has 0 radical (unpaired) electrons. The lowest BCUT2D eigenvalue weighted by atomic mass is 9.93. The number of hydrogen-bond acceptors (Lipinski definition) is 3. The summed E-state index contributed by atoms with van der Waals surface area (Å²) in [5.41, 5.74) is 2.49. The minimum Gasteiger partial charge on any atom is -0.357 e. The molecule has 164 valence electrons. The molecule has 2 unspecified atom stereocenters. The first-order chi connectivity index (χ1) is 15.1. The fourth-order valence-electron chi connectivity index (χ4n) is 4.28. The third-order valence-corrected chi connectivity index (χ3v) is 6.14. The molecule has 3 aromatic rings. The van der Waals surface area contributed by atoms with E-state index in [9.17, 15) is 0 Å². The van der Waals surface area contributed by atoms with Crippen LogP contribution in [0.5, 0.6) is 0 Å². The van der Waals surface area contributed by atoms with Crippen LogP contribution in [-0.4, -0.2) is 49.6 Å². The van der Waals surface area contributed by atoms with Gasteiger partial charge in [-0.2, -0.15) is 0 Å². The van der Waals surface area contributed by atoms with Crippen LogP contribution in [0.25, 0.3) is 0 Å². The van der Waals surface area contributed by atoms with Crippen molar-refractivity contribution in [2.45, 2.75) is 46.3 Å². The molecule has 1 aliphatic heterocycles. The van der Waals surface area contributed by atoms with Gasteiger partial charge in [0.2, 0.25) is 0 Å². The number of benzene rings is 1. The molecule has 1 aromatic carbocycles. The predicted molar refractivity (Wildman–Crippen MR) is 124 cm³/mol. The van der Waals surface area contributed by atoms with Crippen molar-refractivity contribution in [3.05, 3.63) is 72.3 Å². The molecule has 0 aliphatic carbocycles. The number of guanidine groups is 1. The quantitative estimate of drug-likeness (QED) is 0.491. The number of aliphatic imine (C=N–C) groups is 1. The van der Waals surface area contributed by atoms with Crippen molar-refractivity contribution < 1.29 is 0 Å². The zero-order valence-corrected chi connectivity index (χ0v) is 18.8. The fourth-order valence-corrected chi connectivity index (χ4v) is 4.28. The molecule has 3 heterocycles. The van der Waals surface area contributed by atoms with Gasteiger partial charge in [-0.25, -0.2) is 15.0 Å². The predicted octanol–water partition coefficient (Wildman–Crippen LogP) is 3.48. The number of likely N-dealkylation sites (tertiary alicyclic amines) is 1. The molecule has 0 saturated carbocycles. The van der Waals surface area contributed by atoms with Gasteiger partial charge < -0.3 is 19.4 Å². The van der Waals surface area contributed by atoms with Crippen molar-refractivity contribution in [2.24, 2.45) is 10.9 Å². The highest BCUT2D eigenvalue weighted by Gasteiger charge is 2.28. The normalized spacial score (nSPS) is 19.6. The number of nitrogens with one attached hydrogen (secondary N) is 1. The molecule has 7 heteroatoms. The monoisotopic (exact) mass is 419 g/mol. The summed E-state index contributed by atoms with van der Waals surface area (Å²) in [5, 5.41) is 3.50. The second-order valence-electron chi connectivity index (χ2n) is 8.38. The van der Waals surface area contributed by atoms with E-state index >= 15 is 0 Å². The van der Waals surface area contributed by atoms with Crippen LogP contribution in [0.15, 0.2) is 60.4 Å². The number of aryl methyl sites for hydroxylation is 1. The Morgan fingerprint density at radius 1 is 1.23 bits per heavy atom. The molecule has 31 heavy (non-hydrogen) atoms. The maximum atomic E-state index is 4.99. The van der Waals surface area contributed by atoms with E-state index in [1.165, 1.54) is 11.1 Å². The molecule has 0 spiro atoms. The minimum atomic E-state index is 0.418. The molecule has 7 nitrogen and oxygen atoms in total. The maximum Gasteiger partial charge on any atom is 0.194 e. The van der Waals surface area contributed by atoms with E-state index in [1.54, 1.807) is 0 Å². The average molecular weight is 420 g/mol. The first kappa shape index (κ1) is 21.2. The molecule has 1 N–H and O–H groups in total. The zero-order chi connectivity index (χ0) is 21.6. The van der Waals surface area contributed by atoms with Gasteiger partial charge >= 0.3 is 0 Å². The Labute approximate surface area is 184 Å². The zero-order valence-electron chi connectivity index (χ0n) is 18.8. The Morgan fingerprint density at radius 3 is 2.84 bits per heavy atom. The Morgan fingerprint density at radius 2 is 2.10 bits per heavy atom. The molecule has 2 atom stereocenters. The molecule has 2 aromatic heterocycles. The molecule has 0 amide bonds. The minimum absolute atomic E-state index is 0.418. The van der Waals surface area contributed by atoms with Gasteiger partial charge in [-0.05, 0) is 37.3 Å². The van der Waals surface area contributed by atoms with Crippen LogP contribution in [0.1, 0.15) is 43.3 Å². The third-order valence-electron chi connectivity index (χ3n) is 6.14. The lowest BCUT2D eigenvalue weighted by molar-refractivity contribution is 0.189. The van der Waals surface area contributed by atoms with Crippen LogP contribution in [0, 0.1) is 12.8 Å². The Hall–Kier alpha value is -3.09. The summed E-state index contributed by atoms with van der Waals surface area (Å²) in [6.07, 6.45) is 10.9.